The van der Waals surface area contributed by atoms with E-state index >= 15 is 0 Å². The fourth-order valence-corrected chi connectivity index (χ4v) is 3.66. The summed E-state index contributed by atoms with van der Waals surface area (Å²) in [5.74, 6) is 0. The fourth-order valence-electron chi connectivity index (χ4n) is 2.75. The Hall–Kier alpha value is 1.51. The van der Waals surface area contributed by atoms with Gasteiger partial charge in [-0.15, -0.1) is 0 Å². The van der Waals surface area contributed by atoms with Crippen LogP contribution in [-0.4, -0.2) is 29.4 Å². The summed E-state index contributed by atoms with van der Waals surface area (Å²) >= 11 is 0. The summed E-state index contributed by atoms with van der Waals surface area (Å²) in [5, 5.41) is 9.15. The average molecular weight is 375 g/mol. The van der Waals surface area contributed by atoms with Crippen molar-refractivity contribution in [3.8, 4) is 0 Å². The van der Waals surface area contributed by atoms with Crippen LogP contribution in [0.25, 0.3) is 0 Å². The maximum Gasteiger partial charge on any atom is 1.00 e. The van der Waals surface area contributed by atoms with E-state index in [1.807, 2.05) is 6.92 Å². The van der Waals surface area contributed by atoms with Gasteiger partial charge >= 0.3 is 51.4 Å². The number of hydrogen-bond donors (Lipinski definition) is 1. The van der Waals surface area contributed by atoms with Crippen LogP contribution in [0.3, 0.4) is 0 Å². The second kappa shape index (κ2) is 16.9. The number of aliphatic hydroxyl groups excluding tert-OH is 1. The summed E-state index contributed by atoms with van der Waals surface area (Å²) in [6.07, 6.45) is 11.4. The van der Waals surface area contributed by atoms with Gasteiger partial charge in [0.2, 0.25) is 0 Å². The van der Waals surface area contributed by atoms with E-state index in [9.17, 15) is 18.1 Å². The van der Waals surface area contributed by atoms with Crippen molar-refractivity contribution in [2.24, 2.45) is 0 Å². The van der Waals surface area contributed by atoms with E-state index in [2.05, 4.69) is 6.92 Å². The van der Waals surface area contributed by atoms with E-state index in [4.69, 9.17) is 0 Å². The van der Waals surface area contributed by atoms with Crippen LogP contribution in [0.5, 0.6) is 0 Å². The molecule has 0 fully saturated rings. The maximum absolute atomic E-state index is 11.2. The zero-order chi connectivity index (χ0) is 16.8. The van der Waals surface area contributed by atoms with Gasteiger partial charge in [-0.05, 0) is 32.1 Å². The van der Waals surface area contributed by atoms with Crippen LogP contribution in [0.2, 0.25) is 0 Å². The van der Waals surface area contributed by atoms with Crippen molar-refractivity contribution in [1.29, 1.82) is 0 Å². The van der Waals surface area contributed by atoms with Crippen molar-refractivity contribution in [3.63, 3.8) is 0 Å². The molecule has 23 heavy (non-hydrogen) atoms. The summed E-state index contributed by atoms with van der Waals surface area (Å²) in [4.78, 5) is 0. The monoisotopic (exact) mass is 374 g/mol. The molecule has 2 atom stereocenters. The van der Waals surface area contributed by atoms with Crippen molar-refractivity contribution in [2.75, 3.05) is 0 Å². The molecule has 2 unspecified atom stereocenters. The maximum atomic E-state index is 11.2. The molecule has 0 aliphatic rings. The molecule has 4 nitrogen and oxygen atoms in total. The zero-order valence-corrected chi connectivity index (χ0v) is 19.4. The van der Waals surface area contributed by atoms with Crippen molar-refractivity contribution < 1.29 is 69.5 Å². The SMILES string of the molecule is CCCCCCCCC(O)CCCC(CCCC)S(=O)(=O)[O-].[K+]. The Labute approximate surface area is 186 Å². The molecule has 0 saturated heterocycles. The minimum atomic E-state index is -4.20. The Morgan fingerprint density at radius 3 is 1.83 bits per heavy atom. The number of aliphatic hydroxyl groups is 1. The van der Waals surface area contributed by atoms with Gasteiger partial charge < -0.3 is 9.66 Å². The summed E-state index contributed by atoms with van der Waals surface area (Å²) in [6.45, 7) is 4.18. The van der Waals surface area contributed by atoms with Crippen LogP contribution in [0.1, 0.15) is 97.3 Å². The molecule has 0 aromatic rings. The fraction of sp³-hybridized carbons (Fsp3) is 1.00. The molecular weight excluding hydrogens is 339 g/mol. The van der Waals surface area contributed by atoms with E-state index in [1.165, 1.54) is 25.7 Å². The first-order chi connectivity index (χ1) is 10.4. The standard InChI is InChI=1S/C17H36O4S.K/c1-3-5-7-8-9-10-12-16(18)13-11-15-17(14-6-4-2)22(19,20)21;/h16-18H,3-15H2,1-2H3,(H,19,20,21);/q;+1/p-1. The molecule has 0 aliphatic carbocycles. The minimum Gasteiger partial charge on any atom is -0.748 e. The van der Waals surface area contributed by atoms with Gasteiger partial charge in [-0.25, -0.2) is 8.42 Å². The minimum absolute atomic E-state index is 0. The Bertz CT molecular complexity index is 347. The molecule has 0 aromatic heterocycles. The average Bonchev–Trinajstić information content (AvgIpc) is 2.45. The molecule has 0 rings (SSSR count). The van der Waals surface area contributed by atoms with E-state index < -0.39 is 15.4 Å². The first-order valence-corrected chi connectivity index (χ1v) is 10.5. The van der Waals surface area contributed by atoms with Crippen molar-refractivity contribution >= 4 is 10.1 Å². The summed E-state index contributed by atoms with van der Waals surface area (Å²) in [5.41, 5.74) is 0. The first kappa shape index (κ1) is 26.7. The van der Waals surface area contributed by atoms with Gasteiger partial charge in [0.1, 0.15) is 0 Å². The molecule has 0 amide bonds. The molecular formula is C17H35KO4S. The molecule has 0 saturated carbocycles. The van der Waals surface area contributed by atoms with Gasteiger partial charge in [-0.3, -0.25) is 0 Å². The van der Waals surface area contributed by atoms with E-state index in [0.717, 1.165) is 32.1 Å². The zero-order valence-electron chi connectivity index (χ0n) is 15.4. The first-order valence-electron chi connectivity index (χ1n) is 9.04. The molecule has 0 radical (unpaired) electrons. The Morgan fingerprint density at radius 2 is 1.26 bits per heavy atom. The number of rotatable bonds is 15. The quantitative estimate of drug-likeness (QED) is 0.267. The largest absolute Gasteiger partial charge is 1.00 e. The summed E-state index contributed by atoms with van der Waals surface area (Å²) < 4.78 is 33.6. The molecule has 1 N–H and O–H groups in total. The van der Waals surface area contributed by atoms with Crippen LogP contribution in [0, 0.1) is 0 Å². The van der Waals surface area contributed by atoms with Gasteiger partial charge in [-0.1, -0.05) is 65.2 Å². The van der Waals surface area contributed by atoms with Crippen LogP contribution in [-0.2, 0) is 10.1 Å². The summed E-state index contributed by atoms with van der Waals surface area (Å²) in [7, 11) is -4.20. The Balaban J connectivity index is 0. The van der Waals surface area contributed by atoms with Crippen molar-refractivity contribution in [1.82, 2.24) is 0 Å². The van der Waals surface area contributed by atoms with E-state index in [-0.39, 0.29) is 57.5 Å². The normalized spacial score (nSPS) is 14.3. The van der Waals surface area contributed by atoms with Gasteiger partial charge in [0.15, 0.2) is 0 Å². The Kier molecular flexibility index (Phi) is 19.7. The third kappa shape index (κ3) is 16.7. The number of unbranched alkanes of at least 4 members (excludes halogenated alkanes) is 6. The van der Waals surface area contributed by atoms with Gasteiger partial charge in [0.05, 0.1) is 16.2 Å². The van der Waals surface area contributed by atoms with Crippen LogP contribution < -0.4 is 51.4 Å². The molecule has 0 spiro atoms. The van der Waals surface area contributed by atoms with Gasteiger partial charge in [0.25, 0.3) is 0 Å². The predicted molar refractivity (Wildman–Crippen MR) is 90.9 cm³/mol. The third-order valence-corrected chi connectivity index (χ3v) is 5.53. The topological polar surface area (TPSA) is 77.4 Å². The van der Waals surface area contributed by atoms with Gasteiger partial charge in [0, 0.05) is 5.25 Å². The van der Waals surface area contributed by atoms with Crippen LogP contribution in [0.4, 0.5) is 0 Å². The number of hydrogen-bond acceptors (Lipinski definition) is 4. The molecule has 6 heteroatoms. The van der Waals surface area contributed by atoms with E-state index in [0.29, 0.717) is 25.7 Å². The van der Waals surface area contributed by atoms with Crippen molar-refractivity contribution in [3.05, 3.63) is 0 Å². The second-order valence-electron chi connectivity index (χ2n) is 6.40. The third-order valence-electron chi connectivity index (χ3n) is 4.24. The molecule has 0 bridgehead atoms. The van der Waals surface area contributed by atoms with Crippen molar-refractivity contribution in [2.45, 2.75) is 109 Å². The molecule has 0 aromatic carbocycles. The molecule has 0 heterocycles. The molecule has 0 aliphatic heterocycles. The smallest absolute Gasteiger partial charge is 0.748 e. The van der Waals surface area contributed by atoms with Crippen LogP contribution in [0.15, 0.2) is 0 Å². The van der Waals surface area contributed by atoms with Crippen LogP contribution >= 0.6 is 0 Å². The molecule has 134 valence electrons. The second-order valence-corrected chi connectivity index (χ2v) is 8.05. The van der Waals surface area contributed by atoms with Gasteiger partial charge in [-0.2, -0.15) is 0 Å². The Morgan fingerprint density at radius 1 is 0.783 bits per heavy atom. The van der Waals surface area contributed by atoms with E-state index in [1.54, 1.807) is 0 Å². The predicted octanol–water partition coefficient (Wildman–Crippen LogP) is 1.38. The summed E-state index contributed by atoms with van der Waals surface area (Å²) in [6, 6.07) is 0.